The van der Waals surface area contributed by atoms with E-state index in [9.17, 15) is 9.59 Å². The second-order valence-corrected chi connectivity index (χ2v) is 5.81. The molecule has 0 unspecified atom stereocenters. The largest absolute Gasteiger partial charge is 0.444 e. The SMILES string of the molecule is CNC(=O)[C@H]1CC[C@@H](NC(=O)OC(C)(C)C)CC1. The van der Waals surface area contributed by atoms with Crippen LogP contribution in [0.4, 0.5) is 4.79 Å². The summed E-state index contributed by atoms with van der Waals surface area (Å²) in [5, 5.41) is 5.53. The van der Waals surface area contributed by atoms with Gasteiger partial charge in [-0.3, -0.25) is 4.79 Å². The van der Waals surface area contributed by atoms with Crippen LogP contribution >= 0.6 is 0 Å². The number of hydrogen-bond donors (Lipinski definition) is 2. The van der Waals surface area contributed by atoms with Gasteiger partial charge >= 0.3 is 6.09 Å². The first-order valence-corrected chi connectivity index (χ1v) is 6.53. The van der Waals surface area contributed by atoms with E-state index < -0.39 is 5.60 Å². The van der Waals surface area contributed by atoms with E-state index in [0.29, 0.717) is 0 Å². The molecule has 2 amide bonds. The number of rotatable bonds is 2. The molecule has 0 bridgehead atoms. The van der Waals surface area contributed by atoms with Crippen molar-refractivity contribution >= 4 is 12.0 Å². The van der Waals surface area contributed by atoms with Crippen LogP contribution in [-0.4, -0.2) is 30.7 Å². The van der Waals surface area contributed by atoms with E-state index in [1.807, 2.05) is 20.8 Å². The Morgan fingerprint density at radius 3 is 2.11 bits per heavy atom. The molecular weight excluding hydrogens is 232 g/mol. The first-order chi connectivity index (χ1) is 8.31. The number of ether oxygens (including phenoxy) is 1. The minimum atomic E-state index is -0.469. The van der Waals surface area contributed by atoms with Gasteiger partial charge < -0.3 is 15.4 Å². The molecule has 18 heavy (non-hydrogen) atoms. The maximum Gasteiger partial charge on any atom is 0.407 e. The van der Waals surface area contributed by atoms with Crippen molar-refractivity contribution in [3.8, 4) is 0 Å². The van der Waals surface area contributed by atoms with Crippen LogP contribution < -0.4 is 10.6 Å². The second-order valence-electron chi connectivity index (χ2n) is 5.81. The molecule has 0 radical (unpaired) electrons. The van der Waals surface area contributed by atoms with Gasteiger partial charge in [0.1, 0.15) is 5.60 Å². The summed E-state index contributed by atoms with van der Waals surface area (Å²) >= 11 is 0. The zero-order chi connectivity index (χ0) is 13.8. The molecule has 5 nitrogen and oxygen atoms in total. The maximum absolute atomic E-state index is 11.6. The third kappa shape index (κ3) is 4.94. The van der Waals surface area contributed by atoms with Gasteiger partial charge in [0, 0.05) is 19.0 Å². The fourth-order valence-corrected chi connectivity index (χ4v) is 2.18. The van der Waals surface area contributed by atoms with Gasteiger partial charge in [0.05, 0.1) is 0 Å². The van der Waals surface area contributed by atoms with Crippen molar-refractivity contribution in [2.24, 2.45) is 5.92 Å². The number of nitrogens with one attached hydrogen (secondary N) is 2. The summed E-state index contributed by atoms with van der Waals surface area (Å²) in [6.07, 6.45) is 2.93. The summed E-state index contributed by atoms with van der Waals surface area (Å²) in [6.45, 7) is 5.53. The van der Waals surface area contributed by atoms with Crippen molar-refractivity contribution in [3.63, 3.8) is 0 Å². The minimum absolute atomic E-state index is 0.0895. The van der Waals surface area contributed by atoms with Crippen LogP contribution in [0, 0.1) is 5.92 Å². The smallest absolute Gasteiger partial charge is 0.407 e. The third-order valence-electron chi connectivity index (χ3n) is 3.07. The van der Waals surface area contributed by atoms with Crippen molar-refractivity contribution in [3.05, 3.63) is 0 Å². The van der Waals surface area contributed by atoms with Gasteiger partial charge in [0.15, 0.2) is 0 Å². The van der Waals surface area contributed by atoms with Gasteiger partial charge in [-0.15, -0.1) is 0 Å². The van der Waals surface area contributed by atoms with Gasteiger partial charge in [-0.25, -0.2) is 4.79 Å². The lowest BCUT2D eigenvalue weighted by Gasteiger charge is -2.29. The molecule has 0 saturated heterocycles. The fraction of sp³-hybridized carbons (Fsp3) is 0.846. The highest BCUT2D eigenvalue weighted by Gasteiger charge is 2.27. The number of alkyl carbamates (subject to hydrolysis) is 1. The standard InChI is InChI=1S/C13H24N2O3/c1-13(2,3)18-12(17)15-10-7-5-9(6-8-10)11(16)14-4/h9-10H,5-8H2,1-4H3,(H,14,16)(H,15,17)/t9-,10+. The van der Waals surface area contributed by atoms with E-state index in [4.69, 9.17) is 4.74 Å². The van der Waals surface area contributed by atoms with Crippen molar-refractivity contribution in [1.82, 2.24) is 10.6 Å². The lowest BCUT2D eigenvalue weighted by molar-refractivity contribution is -0.125. The minimum Gasteiger partial charge on any atom is -0.444 e. The summed E-state index contributed by atoms with van der Waals surface area (Å²) in [4.78, 5) is 23.0. The monoisotopic (exact) mass is 256 g/mol. The van der Waals surface area contributed by atoms with Crippen LogP contribution in [0.1, 0.15) is 46.5 Å². The Bertz CT molecular complexity index is 302. The number of carbonyl (C=O) groups excluding carboxylic acids is 2. The summed E-state index contributed by atoms with van der Waals surface area (Å²) in [6, 6.07) is 0.126. The Balaban J connectivity index is 2.31. The Kier molecular flexibility index (Phi) is 4.99. The molecule has 0 spiro atoms. The van der Waals surface area contributed by atoms with Gasteiger partial charge in [0.25, 0.3) is 0 Å². The van der Waals surface area contributed by atoms with Crippen molar-refractivity contribution in [2.45, 2.75) is 58.1 Å². The van der Waals surface area contributed by atoms with Crippen LogP contribution in [0.15, 0.2) is 0 Å². The highest BCUT2D eigenvalue weighted by Crippen LogP contribution is 2.24. The van der Waals surface area contributed by atoms with E-state index >= 15 is 0 Å². The number of amides is 2. The van der Waals surface area contributed by atoms with Gasteiger partial charge in [-0.05, 0) is 46.5 Å². The lowest BCUT2D eigenvalue weighted by atomic mass is 9.85. The molecule has 0 aliphatic heterocycles. The molecule has 1 fully saturated rings. The summed E-state index contributed by atoms with van der Waals surface area (Å²) in [5.74, 6) is 0.192. The maximum atomic E-state index is 11.6. The molecule has 1 aliphatic carbocycles. The average molecular weight is 256 g/mol. The molecule has 0 heterocycles. The Labute approximate surface area is 109 Å². The van der Waals surface area contributed by atoms with E-state index in [-0.39, 0.29) is 24.0 Å². The van der Waals surface area contributed by atoms with Crippen molar-refractivity contribution < 1.29 is 14.3 Å². The van der Waals surface area contributed by atoms with Crippen LogP contribution in [0.3, 0.4) is 0 Å². The second kappa shape index (κ2) is 6.07. The van der Waals surface area contributed by atoms with Crippen LogP contribution in [0.5, 0.6) is 0 Å². The predicted molar refractivity (Wildman–Crippen MR) is 69.2 cm³/mol. The topological polar surface area (TPSA) is 67.4 Å². The summed E-state index contributed by atoms with van der Waals surface area (Å²) in [5.41, 5.74) is -0.469. The zero-order valence-corrected chi connectivity index (χ0v) is 11.7. The zero-order valence-electron chi connectivity index (χ0n) is 11.7. The number of hydrogen-bond acceptors (Lipinski definition) is 3. The average Bonchev–Trinajstić information content (AvgIpc) is 2.26. The highest BCUT2D eigenvalue weighted by atomic mass is 16.6. The van der Waals surface area contributed by atoms with Gasteiger partial charge in [-0.2, -0.15) is 0 Å². The van der Waals surface area contributed by atoms with Gasteiger partial charge in [0.2, 0.25) is 5.91 Å². The molecule has 0 atom stereocenters. The molecule has 5 heteroatoms. The first kappa shape index (κ1) is 14.8. The van der Waals surface area contributed by atoms with Gasteiger partial charge in [-0.1, -0.05) is 0 Å². The first-order valence-electron chi connectivity index (χ1n) is 6.53. The quantitative estimate of drug-likeness (QED) is 0.792. The third-order valence-corrected chi connectivity index (χ3v) is 3.07. The Morgan fingerprint density at radius 2 is 1.67 bits per heavy atom. The van der Waals surface area contributed by atoms with E-state index in [2.05, 4.69) is 10.6 Å². The molecular formula is C13H24N2O3. The normalized spacial score (nSPS) is 24.2. The van der Waals surface area contributed by atoms with Crippen LogP contribution in [0.2, 0.25) is 0 Å². The fourth-order valence-electron chi connectivity index (χ4n) is 2.18. The van der Waals surface area contributed by atoms with Crippen LogP contribution in [-0.2, 0) is 9.53 Å². The summed E-state index contributed by atoms with van der Waals surface area (Å²) < 4.78 is 5.21. The lowest BCUT2D eigenvalue weighted by Crippen LogP contribution is -2.42. The molecule has 2 N–H and O–H groups in total. The van der Waals surface area contributed by atoms with Crippen LogP contribution in [0.25, 0.3) is 0 Å². The van der Waals surface area contributed by atoms with E-state index in [1.165, 1.54) is 0 Å². The molecule has 1 saturated carbocycles. The molecule has 0 aromatic carbocycles. The number of carbonyl (C=O) groups is 2. The molecule has 104 valence electrons. The molecule has 0 aromatic rings. The summed E-state index contributed by atoms with van der Waals surface area (Å²) in [7, 11) is 1.66. The van der Waals surface area contributed by atoms with Crippen molar-refractivity contribution in [1.29, 1.82) is 0 Å². The van der Waals surface area contributed by atoms with Crippen molar-refractivity contribution in [2.75, 3.05) is 7.05 Å². The molecule has 1 aliphatic rings. The Hall–Kier alpha value is -1.26. The van der Waals surface area contributed by atoms with E-state index in [1.54, 1.807) is 7.05 Å². The highest BCUT2D eigenvalue weighted by molar-refractivity contribution is 5.78. The predicted octanol–water partition coefficient (Wildman–Crippen LogP) is 1.82. The molecule has 0 aromatic heterocycles. The molecule has 1 rings (SSSR count). The Morgan fingerprint density at radius 1 is 1.11 bits per heavy atom. The van der Waals surface area contributed by atoms with E-state index in [0.717, 1.165) is 25.7 Å².